The van der Waals surface area contributed by atoms with Crippen LogP contribution in [0.1, 0.15) is 34.3 Å². The van der Waals surface area contributed by atoms with E-state index in [0.717, 1.165) is 18.4 Å². The maximum Gasteiger partial charge on any atom is 0.259 e. The summed E-state index contributed by atoms with van der Waals surface area (Å²) in [6, 6.07) is 9.89. The van der Waals surface area contributed by atoms with Crippen LogP contribution in [-0.2, 0) is 7.05 Å². The number of ether oxygens (including phenoxy) is 2. The van der Waals surface area contributed by atoms with E-state index in [-0.39, 0.29) is 40.0 Å². The third-order valence-corrected chi connectivity index (χ3v) is 6.43. The van der Waals surface area contributed by atoms with Gasteiger partial charge >= 0.3 is 0 Å². The predicted octanol–water partition coefficient (Wildman–Crippen LogP) is 4.77. The van der Waals surface area contributed by atoms with Gasteiger partial charge in [0.25, 0.3) is 11.5 Å². The zero-order chi connectivity index (χ0) is 26.7. The first-order valence-electron chi connectivity index (χ1n) is 11.7. The molecule has 0 spiro atoms. The van der Waals surface area contributed by atoms with Crippen LogP contribution in [0.4, 0.5) is 21.6 Å². The molecular formula is C26H30FN5O4S. The van der Waals surface area contributed by atoms with Gasteiger partial charge < -0.3 is 24.8 Å². The number of hydrogen-bond donors (Lipinski definition) is 4. The van der Waals surface area contributed by atoms with Crippen molar-refractivity contribution >= 4 is 35.2 Å². The predicted molar refractivity (Wildman–Crippen MR) is 145 cm³/mol. The zero-order valence-corrected chi connectivity index (χ0v) is 22.1. The van der Waals surface area contributed by atoms with Gasteiger partial charge in [0.2, 0.25) is 0 Å². The number of anilines is 3. The highest BCUT2D eigenvalue weighted by molar-refractivity contribution is 7.98. The monoisotopic (exact) mass is 527 g/mol. The van der Waals surface area contributed by atoms with E-state index in [1.807, 2.05) is 0 Å². The third-order valence-electron chi connectivity index (χ3n) is 5.89. The summed E-state index contributed by atoms with van der Waals surface area (Å²) in [5, 5.41) is 5.93. The van der Waals surface area contributed by atoms with Gasteiger partial charge in [0, 0.05) is 43.4 Å². The molecule has 196 valence electrons. The number of nitrogens with one attached hydrogen (secondary N) is 4. The Morgan fingerprint density at radius 3 is 2.51 bits per heavy atom. The Hall–Kier alpha value is -3.70. The Bertz CT molecular complexity index is 1390. The van der Waals surface area contributed by atoms with Crippen LogP contribution in [-0.4, -0.2) is 30.7 Å². The summed E-state index contributed by atoms with van der Waals surface area (Å²) in [5.41, 5.74) is 1.51. The van der Waals surface area contributed by atoms with E-state index < -0.39 is 11.7 Å². The summed E-state index contributed by atoms with van der Waals surface area (Å²) < 4.78 is 33.7. The Labute approximate surface area is 219 Å². The standard InChI is InChI=1S/C26H30FN5O4S/c1-14-6-9-21(20(27)10-14)30-24-22(25(33)29-16-7-8-16)23(15(2)26(34)32(24)4)36-19-12-17(31-37-28-3)11-18(13-19)35-5/h6,9-13,16,28,30-31H,7-8H2,1-5H3,(H,29,33). The molecule has 1 aliphatic rings. The molecule has 1 aromatic heterocycles. The number of pyridine rings is 1. The molecule has 37 heavy (non-hydrogen) atoms. The summed E-state index contributed by atoms with van der Waals surface area (Å²) in [4.78, 5) is 26.8. The minimum Gasteiger partial charge on any atom is -0.497 e. The molecular weight excluding hydrogens is 497 g/mol. The summed E-state index contributed by atoms with van der Waals surface area (Å²) in [7, 11) is 4.84. The number of methoxy groups -OCH3 is 1. The molecule has 0 saturated heterocycles. The minimum atomic E-state index is -0.505. The van der Waals surface area contributed by atoms with Gasteiger partial charge in [-0.25, -0.2) is 9.11 Å². The highest BCUT2D eigenvalue weighted by Crippen LogP contribution is 2.37. The highest BCUT2D eigenvalue weighted by atomic mass is 32.2. The average molecular weight is 528 g/mol. The lowest BCUT2D eigenvalue weighted by atomic mass is 10.1. The molecule has 0 aliphatic heterocycles. The molecule has 3 aromatic rings. The van der Waals surface area contributed by atoms with Crippen molar-refractivity contribution in [1.29, 1.82) is 0 Å². The molecule has 0 atom stereocenters. The van der Waals surface area contributed by atoms with Crippen molar-refractivity contribution in [3.05, 3.63) is 69.3 Å². The summed E-state index contributed by atoms with van der Waals surface area (Å²) >= 11 is 1.26. The number of amides is 1. The Balaban J connectivity index is 1.86. The third kappa shape index (κ3) is 6.00. The zero-order valence-electron chi connectivity index (χ0n) is 21.3. The smallest absolute Gasteiger partial charge is 0.259 e. The normalized spacial score (nSPS) is 12.7. The molecule has 1 amide bonds. The number of carbonyl (C=O) groups is 1. The van der Waals surface area contributed by atoms with Crippen LogP contribution < -0.4 is 35.1 Å². The second-order valence-corrected chi connectivity index (χ2v) is 9.62. The first-order valence-corrected chi connectivity index (χ1v) is 12.6. The van der Waals surface area contributed by atoms with Crippen molar-refractivity contribution in [3.8, 4) is 17.2 Å². The number of rotatable bonds is 10. The van der Waals surface area contributed by atoms with Gasteiger partial charge in [0.15, 0.2) is 5.75 Å². The number of aryl methyl sites for hydroxylation is 1. The highest BCUT2D eigenvalue weighted by Gasteiger charge is 2.30. The van der Waals surface area contributed by atoms with Crippen molar-refractivity contribution < 1.29 is 18.7 Å². The van der Waals surface area contributed by atoms with Crippen LogP contribution in [0.5, 0.6) is 17.2 Å². The topological polar surface area (TPSA) is 106 Å². The molecule has 0 bridgehead atoms. The first-order chi connectivity index (χ1) is 17.7. The van der Waals surface area contributed by atoms with Crippen LogP contribution in [0, 0.1) is 19.7 Å². The van der Waals surface area contributed by atoms with Gasteiger partial charge in [0.05, 0.1) is 24.0 Å². The SMILES string of the molecule is CNSNc1cc(OC)cc(Oc2c(C(=O)NC3CC3)c(Nc3ccc(C)cc3F)n(C)c(=O)c2C)c1. The Kier molecular flexibility index (Phi) is 7.94. The van der Waals surface area contributed by atoms with E-state index in [9.17, 15) is 14.0 Å². The number of carbonyl (C=O) groups excluding carboxylic acids is 1. The molecule has 1 fully saturated rings. The van der Waals surface area contributed by atoms with Crippen LogP contribution in [0.25, 0.3) is 0 Å². The van der Waals surface area contributed by atoms with Gasteiger partial charge in [-0.15, -0.1) is 0 Å². The van der Waals surface area contributed by atoms with Crippen molar-refractivity contribution in [1.82, 2.24) is 14.6 Å². The van der Waals surface area contributed by atoms with E-state index >= 15 is 0 Å². The van der Waals surface area contributed by atoms with Gasteiger partial charge in [0.1, 0.15) is 28.7 Å². The quantitative estimate of drug-likeness (QED) is 0.280. The van der Waals surface area contributed by atoms with E-state index in [2.05, 4.69) is 20.1 Å². The number of halogens is 1. The molecule has 0 radical (unpaired) electrons. The van der Waals surface area contributed by atoms with E-state index in [1.54, 1.807) is 51.2 Å². The number of benzene rings is 2. The molecule has 0 unspecified atom stereocenters. The Morgan fingerprint density at radius 1 is 1.14 bits per heavy atom. The fraction of sp³-hybridized carbons (Fsp3) is 0.308. The first kappa shape index (κ1) is 26.4. The van der Waals surface area contributed by atoms with E-state index in [4.69, 9.17) is 9.47 Å². The lowest BCUT2D eigenvalue weighted by molar-refractivity contribution is 0.0949. The lowest BCUT2D eigenvalue weighted by Crippen LogP contribution is -2.31. The molecule has 9 nitrogen and oxygen atoms in total. The van der Waals surface area contributed by atoms with Crippen molar-refractivity contribution in [2.24, 2.45) is 7.05 Å². The lowest BCUT2D eigenvalue weighted by Gasteiger charge is -2.21. The van der Waals surface area contributed by atoms with E-state index in [0.29, 0.717) is 17.2 Å². The van der Waals surface area contributed by atoms with E-state index in [1.165, 1.54) is 36.9 Å². The fourth-order valence-electron chi connectivity index (χ4n) is 3.77. The summed E-state index contributed by atoms with van der Waals surface area (Å²) in [6.45, 7) is 3.37. The molecule has 1 saturated carbocycles. The number of aromatic nitrogens is 1. The molecule has 4 rings (SSSR count). The second-order valence-electron chi connectivity index (χ2n) is 8.81. The van der Waals surface area contributed by atoms with Crippen LogP contribution in [0.3, 0.4) is 0 Å². The van der Waals surface area contributed by atoms with Crippen molar-refractivity contribution in [3.63, 3.8) is 0 Å². The number of hydrogen-bond acceptors (Lipinski definition) is 8. The van der Waals surface area contributed by atoms with Gasteiger partial charge in [-0.05, 0) is 51.4 Å². The maximum absolute atomic E-state index is 14.8. The van der Waals surface area contributed by atoms with Crippen LogP contribution in [0.15, 0.2) is 41.2 Å². The molecule has 1 aliphatic carbocycles. The largest absolute Gasteiger partial charge is 0.497 e. The Morgan fingerprint density at radius 2 is 1.86 bits per heavy atom. The molecule has 4 N–H and O–H groups in total. The minimum absolute atomic E-state index is 0.0491. The van der Waals surface area contributed by atoms with Gasteiger partial charge in [-0.1, -0.05) is 6.07 Å². The summed E-state index contributed by atoms with van der Waals surface area (Å²) in [5.74, 6) is 0.146. The van der Waals surface area contributed by atoms with Gasteiger partial charge in [-0.3, -0.25) is 14.2 Å². The van der Waals surface area contributed by atoms with Crippen molar-refractivity contribution in [2.75, 3.05) is 24.2 Å². The molecule has 1 heterocycles. The average Bonchev–Trinajstić information content (AvgIpc) is 3.69. The second kappa shape index (κ2) is 11.1. The fourth-order valence-corrected chi connectivity index (χ4v) is 4.10. The number of nitrogens with zero attached hydrogens (tertiary/aromatic N) is 1. The van der Waals surface area contributed by atoms with Crippen LogP contribution in [0.2, 0.25) is 0 Å². The van der Waals surface area contributed by atoms with Gasteiger partial charge in [-0.2, -0.15) is 0 Å². The van der Waals surface area contributed by atoms with Crippen LogP contribution >= 0.6 is 12.1 Å². The maximum atomic E-state index is 14.8. The summed E-state index contributed by atoms with van der Waals surface area (Å²) in [6.07, 6.45) is 1.74. The van der Waals surface area contributed by atoms with Crippen molar-refractivity contribution in [2.45, 2.75) is 32.7 Å². The molecule has 2 aromatic carbocycles. The molecule has 11 heteroatoms.